The van der Waals surface area contributed by atoms with Crippen molar-refractivity contribution in [1.29, 1.82) is 0 Å². The molecule has 5 rings (SSSR count). The lowest BCUT2D eigenvalue weighted by atomic mass is 10.0. The SMILES string of the molecule is NC(=O)c1cc(Br)cc2c1Cc1cc(N3CCN(Cc4ccccc4)CC3)ccc1-2. The van der Waals surface area contributed by atoms with Gasteiger partial charge in [-0.15, -0.1) is 0 Å². The molecule has 1 heterocycles. The zero-order valence-corrected chi connectivity index (χ0v) is 18.4. The average Bonchev–Trinajstić information content (AvgIpc) is 3.12. The number of carbonyl (C=O) groups is 1. The van der Waals surface area contributed by atoms with Crippen LogP contribution in [0.2, 0.25) is 0 Å². The molecule has 0 spiro atoms. The highest BCUT2D eigenvalue weighted by molar-refractivity contribution is 9.10. The van der Waals surface area contributed by atoms with Crippen LogP contribution in [0.4, 0.5) is 5.69 Å². The van der Waals surface area contributed by atoms with Gasteiger partial charge in [-0.1, -0.05) is 52.3 Å². The summed E-state index contributed by atoms with van der Waals surface area (Å²) in [6, 6.07) is 21.3. The van der Waals surface area contributed by atoms with Gasteiger partial charge in [0.25, 0.3) is 0 Å². The maximum Gasteiger partial charge on any atom is 0.249 e. The summed E-state index contributed by atoms with van der Waals surface area (Å²) in [5.41, 5.74) is 13.5. The van der Waals surface area contributed by atoms with Gasteiger partial charge in [0.2, 0.25) is 5.91 Å². The number of carbonyl (C=O) groups excluding carboxylic acids is 1. The second-order valence-corrected chi connectivity index (χ2v) is 9.03. The fraction of sp³-hybridized carbons (Fsp3) is 0.240. The normalized spacial score (nSPS) is 15.7. The summed E-state index contributed by atoms with van der Waals surface area (Å²) in [6.45, 7) is 5.18. The van der Waals surface area contributed by atoms with Crippen molar-refractivity contribution in [1.82, 2.24) is 4.90 Å². The number of benzene rings is 3. The summed E-state index contributed by atoms with van der Waals surface area (Å²) in [7, 11) is 0. The first-order chi connectivity index (χ1) is 14.6. The molecule has 2 aliphatic rings. The van der Waals surface area contributed by atoms with E-state index in [9.17, 15) is 4.79 Å². The lowest BCUT2D eigenvalue weighted by Gasteiger charge is -2.36. The van der Waals surface area contributed by atoms with Crippen molar-refractivity contribution in [3.8, 4) is 11.1 Å². The zero-order valence-electron chi connectivity index (χ0n) is 16.8. The van der Waals surface area contributed by atoms with Gasteiger partial charge in [0.1, 0.15) is 0 Å². The van der Waals surface area contributed by atoms with E-state index in [0.29, 0.717) is 5.56 Å². The van der Waals surface area contributed by atoms with Crippen molar-refractivity contribution in [2.45, 2.75) is 13.0 Å². The molecule has 5 heteroatoms. The fourth-order valence-electron chi connectivity index (χ4n) is 4.67. The molecule has 152 valence electrons. The Hall–Kier alpha value is -2.63. The van der Waals surface area contributed by atoms with Crippen molar-refractivity contribution in [2.75, 3.05) is 31.1 Å². The largest absolute Gasteiger partial charge is 0.369 e. The first-order valence-electron chi connectivity index (χ1n) is 10.4. The number of rotatable bonds is 4. The molecule has 1 aliphatic carbocycles. The Kier molecular flexibility index (Phi) is 5.09. The van der Waals surface area contributed by atoms with E-state index in [1.165, 1.54) is 22.4 Å². The third-order valence-electron chi connectivity index (χ3n) is 6.21. The molecule has 1 aliphatic heterocycles. The van der Waals surface area contributed by atoms with Crippen molar-refractivity contribution >= 4 is 27.5 Å². The van der Waals surface area contributed by atoms with Crippen LogP contribution in [0.1, 0.15) is 27.0 Å². The van der Waals surface area contributed by atoms with E-state index in [4.69, 9.17) is 5.73 Å². The Morgan fingerprint density at radius 2 is 1.70 bits per heavy atom. The number of hydrogen-bond acceptors (Lipinski definition) is 3. The van der Waals surface area contributed by atoms with E-state index < -0.39 is 0 Å². The minimum atomic E-state index is -0.366. The van der Waals surface area contributed by atoms with Crippen LogP contribution in [0.5, 0.6) is 0 Å². The number of hydrogen-bond donors (Lipinski definition) is 1. The van der Waals surface area contributed by atoms with Crippen molar-refractivity contribution in [3.63, 3.8) is 0 Å². The third-order valence-corrected chi connectivity index (χ3v) is 6.67. The highest BCUT2D eigenvalue weighted by Crippen LogP contribution is 2.41. The summed E-state index contributed by atoms with van der Waals surface area (Å²) < 4.78 is 0.890. The van der Waals surface area contributed by atoms with Gasteiger partial charge in [0.15, 0.2) is 0 Å². The van der Waals surface area contributed by atoms with E-state index in [1.807, 2.05) is 6.07 Å². The van der Waals surface area contributed by atoms with Crippen LogP contribution in [-0.4, -0.2) is 37.0 Å². The number of piperazine rings is 1. The number of amides is 1. The van der Waals surface area contributed by atoms with Gasteiger partial charge in [-0.3, -0.25) is 9.69 Å². The second kappa shape index (κ2) is 7.89. The minimum Gasteiger partial charge on any atom is -0.369 e. The van der Waals surface area contributed by atoms with E-state index in [0.717, 1.165) is 54.7 Å². The predicted molar refractivity (Wildman–Crippen MR) is 125 cm³/mol. The zero-order chi connectivity index (χ0) is 20.7. The van der Waals surface area contributed by atoms with Gasteiger partial charge in [-0.2, -0.15) is 0 Å². The van der Waals surface area contributed by atoms with Crippen LogP contribution in [0.25, 0.3) is 11.1 Å². The summed E-state index contributed by atoms with van der Waals surface area (Å²) in [5, 5.41) is 0. The molecule has 0 saturated carbocycles. The molecule has 3 aromatic carbocycles. The predicted octanol–water partition coefficient (Wildman–Crippen LogP) is 4.44. The van der Waals surface area contributed by atoms with E-state index >= 15 is 0 Å². The minimum absolute atomic E-state index is 0.366. The van der Waals surface area contributed by atoms with Crippen LogP contribution >= 0.6 is 15.9 Å². The molecule has 1 amide bonds. The van der Waals surface area contributed by atoms with Crippen LogP contribution < -0.4 is 10.6 Å². The molecule has 4 nitrogen and oxygen atoms in total. The smallest absolute Gasteiger partial charge is 0.249 e. The monoisotopic (exact) mass is 461 g/mol. The summed E-state index contributed by atoms with van der Waals surface area (Å²) in [6.07, 6.45) is 0.762. The average molecular weight is 462 g/mol. The molecule has 0 aromatic heterocycles. The van der Waals surface area contributed by atoms with E-state index in [2.05, 4.69) is 80.3 Å². The van der Waals surface area contributed by atoms with Crippen molar-refractivity contribution in [3.05, 3.63) is 87.4 Å². The molecule has 30 heavy (non-hydrogen) atoms. The van der Waals surface area contributed by atoms with Crippen LogP contribution in [0, 0.1) is 0 Å². The lowest BCUT2D eigenvalue weighted by Crippen LogP contribution is -2.46. The van der Waals surface area contributed by atoms with Gasteiger partial charge >= 0.3 is 0 Å². The van der Waals surface area contributed by atoms with Crippen LogP contribution in [0.3, 0.4) is 0 Å². The molecule has 1 fully saturated rings. The number of nitrogens with zero attached hydrogens (tertiary/aromatic N) is 2. The van der Waals surface area contributed by atoms with Gasteiger partial charge in [0.05, 0.1) is 0 Å². The lowest BCUT2D eigenvalue weighted by molar-refractivity contribution is 0.0999. The number of fused-ring (bicyclic) bond motifs is 3. The Morgan fingerprint density at radius 1 is 0.933 bits per heavy atom. The molecule has 2 N–H and O–H groups in total. The van der Waals surface area contributed by atoms with Gasteiger partial charge in [0, 0.05) is 48.4 Å². The molecular formula is C25H24BrN3O. The number of primary amides is 1. The standard InChI is InChI=1S/C25H24BrN3O/c26-19-14-23-21-7-6-20(12-18(21)13-22(23)24(15-19)25(27)30)29-10-8-28(9-11-29)16-17-4-2-1-3-5-17/h1-7,12,14-15H,8-11,13,16H2,(H2,27,30). The Labute approximate surface area is 185 Å². The second-order valence-electron chi connectivity index (χ2n) is 8.11. The first kappa shape index (κ1) is 19.3. The molecule has 0 radical (unpaired) electrons. The van der Waals surface area contributed by atoms with Crippen molar-refractivity contribution < 1.29 is 4.79 Å². The molecule has 3 aromatic rings. The summed E-state index contributed by atoms with van der Waals surface area (Å²) in [4.78, 5) is 16.9. The summed E-state index contributed by atoms with van der Waals surface area (Å²) in [5.74, 6) is -0.366. The molecule has 0 atom stereocenters. The van der Waals surface area contributed by atoms with E-state index in [-0.39, 0.29) is 5.91 Å². The van der Waals surface area contributed by atoms with E-state index in [1.54, 1.807) is 0 Å². The first-order valence-corrected chi connectivity index (χ1v) is 11.1. The highest BCUT2D eigenvalue weighted by atomic mass is 79.9. The summed E-state index contributed by atoms with van der Waals surface area (Å²) >= 11 is 3.52. The topological polar surface area (TPSA) is 49.6 Å². The van der Waals surface area contributed by atoms with Gasteiger partial charge in [-0.25, -0.2) is 0 Å². The third kappa shape index (κ3) is 3.64. The fourth-order valence-corrected chi connectivity index (χ4v) is 5.13. The maximum absolute atomic E-state index is 11.9. The quantitative estimate of drug-likeness (QED) is 0.488. The van der Waals surface area contributed by atoms with Crippen molar-refractivity contribution in [2.24, 2.45) is 5.73 Å². The van der Waals surface area contributed by atoms with Gasteiger partial charge < -0.3 is 10.6 Å². The number of nitrogens with two attached hydrogens (primary N) is 1. The molecule has 1 saturated heterocycles. The Bertz CT molecular complexity index is 1100. The number of halogens is 1. The van der Waals surface area contributed by atoms with Gasteiger partial charge in [-0.05, 0) is 58.5 Å². The molecule has 0 bridgehead atoms. The van der Waals surface area contributed by atoms with Crippen LogP contribution in [-0.2, 0) is 13.0 Å². The maximum atomic E-state index is 11.9. The molecular weight excluding hydrogens is 438 g/mol. The number of anilines is 1. The molecule has 0 unspecified atom stereocenters. The Morgan fingerprint density at radius 3 is 2.43 bits per heavy atom. The van der Waals surface area contributed by atoms with Crippen LogP contribution in [0.15, 0.2) is 65.1 Å². The highest BCUT2D eigenvalue weighted by Gasteiger charge is 2.25. The Balaban J connectivity index is 1.32.